The summed E-state index contributed by atoms with van der Waals surface area (Å²) in [5.41, 5.74) is 0.104. The third kappa shape index (κ3) is 3.69. The van der Waals surface area contributed by atoms with Crippen LogP contribution >= 0.6 is 11.6 Å². The van der Waals surface area contributed by atoms with E-state index in [1.54, 1.807) is 0 Å². The Morgan fingerprint density at radius 3 is 2.65 bits per heavy atom. The number of hydrogen-bond donors (Lipinski definition) is 1. The van der Waals surface area contributed by atoms with Crippen molar-refractivity contribution in [2.45, 2.75) is 18.2 Å². The molecule has 0 fully saturated rings. The number of nitrogens with two attached hydrogens (primary N) is 1. The maximum Gasteiger partial charge on any atom is 0.338 e. The van der Waals surface area contributed by atoms with Gasteiger partial charge >= 0.3 is 5.97 Å². The van der Waals surface area contributed by atoms with Crippen LogP contribution in [0.25, 0.3) is 0 Å². The average Bonchev–Trinajstić information content (AvgIpc) is 2.25. The summed E-state index contributed by atoms with van der Waals surface area (Å²) in [4.78, 5) is 11.2. The van der Waals surface area contributed by atoms with E-state index in [0.29, 0.717) is 6.42 Å². The Morgan fingerprint density at radius 1 is 1.47 bits per heavy atom. The van der Waals surface area contributed by atoms with Crippen LogP contribution in [0, 0.1) is 0 Å². The largest absolute Gasteiger partial charge is 0.462 e. The van der Waals surface area contributed by atoms with E-state index in [1.807, 2.05) is 6.92 Å². The molecule has 0 atom stereocenters. The lowest BCUT2D eigenvalue weighted by molar-refractivity contribution is 0.0505. The first kappa shape index (κ1) is 14.0. The average molecular weight is 278 g/mol. The van der Waals surface area contributed by atoms with Gasteiger partial charge in [-0.3, -0.25) is 0 Å². The number of carbonyl (C=O) groups is 1. The smallest absolute Gasteiger partial charge is 0.338 e. The molecule has 94 valence electrons. The van der Waals surface area contributed by atoms with Crippen molar-refractivity contribution < 1.29 is 17.9 Å². The summed E-state index contributed by atoms with van der Waals surface area (Å²) in [6.45, 7) is 2.12. The number of carbonyl (C=O) groups excluding carboxylic acids is 1. The van der Waals surface area contributed by atoms with E-state index in [9.17, 15) is 13.2 Å². The fourth-order valence-electron chi connectivity index (χ4n) is 1.13. The highest BCUT2D eigenvalue weighted by Gasteiger charge is 2.16. The van der Waals surface area contributed by atoms with Gasteiger partial charge < -0.3 is 4.74 Å². The van der Waals surface area contributed by atoms with Crippen molar-refractivity contribution in [1.29, 1.82) is 0 Å². The fourth-order valence-corrected chi connectivity index (χ4v) is 2.20. The topological polar surface area (TPSA) is 86.5 Å². The van der Waals surface area contributed by atoms with Crippen molar-refractivity contribution in [2.24, 2.45) is 5.14 Å². The SMILES string of the molecule is CCCOC(=O)c1ccc(Cl)c(S(N)(=O)=O)c1. The lowest BCUT2D eigenvalue weighted by Gasteiger charge is -2.06. The third-order valence-electron chi connectivity index (χ3n) is 1.91. The van der Waals surface area contributed by atoms with Crippen molar-refractivity contribution in [1.82, 2.24) is 0 Å². The molecule has 2 N–H and O–H groups in total. The molecule has 1 aromatic carbocycles. The van der Waals surface area contributed by atoms with Crippen LogP contribution in [0.1, 0.15) is 23.7 Å². The molecule has 7 heteroatoms. The highest BCUT2D eigenvalue weighted by molar-refractivity contribution is 7.89. The Balaban J connectivity index is 3.09. The molecule has 0 heterocycles. The fraction of sp³-hybridized carbons (Fsp3) is 0.300. The van der Waals surface area contributed by atoms with E-state index in [4.69, 9.17) is 21.5 Å². The number of hydrogen-bond acceptors (Lipinski definition) is 4. The van der Waals surface area contributed by atoms with Crippen molar-refractivity contribution in [3.05, 3.63) is 28.8 Å². The number of halogens is 1. The summed E-state index contributed by atoms with van der Waals surface area (Å²) in [5.74, 6) is -0.603. The van der Waals surface area contributed by atoms with Gasteiger partial charge in [0.2, 0.25) is 10.0 Å². The van der Waals surface area contributed by atoms with E-state index in [-0.39, 0.29) is 22.1 Å². The molecule has 1 aromatic rings. The molecule has 0 radical (unpaired) electrons. The number of esters is 1. The summed E-state index contributed by atoms with van der Waals surface area (Å²) in [6, 6.07) is 3.79. The minimum Gasteiger partial charge on any atom is -0.462 e. The molecule has 0 aliphatic heterocycles. The van der Waals surface area contributed by atoms with Gasteiger partial charge in [-0.15, -0.1) is 0 Å². The second kappa shape index (κ2) is 5.48. The second-order valence-electron chi connectivity index (χ2n) is 3.33. The lowest BCUT2D eigenvalue weighted by atomic mass is 10.2. The number of ether oxygens (including phenoxy) is 1. The highest BCUT2D eigenvalue weighted by Crippen LogP contribution is 2.21. The molecule has 0 spiro atoms. The molecular weight excluding hydrogens is 266 g/mol. The Labute approximate surface area is 105 Å². The summed E-state index contributed by atoms with van der Waals surface area (Å²) < 4.78 is 27.2. The normalized spacial score (nSPS) is 11.2. The highest BCUT2D eigenvalue weighted by atomic mass is 35.5. The molecule has 0 saturated carbocycles. The molecular formula is C10H12ClNO4S. The molecule has 0 aliphatic rings. The molecule has 0 bridgehead atoms. The molecule has 0 aromatic heterocycles. The maximum atomic E-state index is 11.5. The summed E-state index contributed by atoms with van der Waals surface area (Å²) in [7, 11) is -3.95. The minimum absolute atomic E-state index is 0.0282. The Morgan fingerprint density at radius 2 is 2.12 bits per heavy atom. The van der Waals surface area contributed by atoms with Gasteiger partial charge in [0.1, 0.15) is 4.90 Å². The molecule has 1 rings (SSSR count). The summed E-state index contributed by atoms with van der Waals surface area (Å²) in [6.07, 6.45) is 0.682. The zero-order valence-corrected chi connectivity index (χ0v) is 10.7. The molecule has 5 nitrogen and oxygen atoms in total. The molecule has 0 saturated heterocycles. The minimum atomic E-state index is -3.95. The van der Waals surface area contributed by atoms with Crippen molar-refractivity contribution in [3.8, 4) is 0 Å². The van der Waals surface area contributed by atoms with E-state index < -0.39 is 16.0 Å². The first-order chi connectivity index (χ1) is 7.86. The quantitative estimate of drug-likeness (QED) is 0.846. The number of sulfonamides is 1. The molecule has 0 amide bonds. The predicted octanol–water partition coefficient (Wildman–Crippen LogP) is 1.55. The zero-order chi connectivity index (χ0) is 13.1. The van der Waals surface area contributed by atoms with Crippen LogP contribution in [0.4, 0.5) is 0 Å². The van der Waals surface area contributed by atoms with Crippen LogP contribution in [-0.4, -0.2) is 21.0 Å². The van der Waals surface area contributed by atoms with Gasteiger partial charge in [0.15, 0.2) is 0 Å². The lowest BCUT2D eigenvalue weighted by Crippen LogP contribution is -2.14. The van der Waals surface area contributed by atoms with E-state index in [1.165, 1.54) is 12.1 Å². The van der Waals surface area contributed by atoms with E-state index in [0.717, 1.165) is 6.07 Å². The number of primary sulfonamides is 1. The molecule has 0 unspecified atom stereocenters. The number of rotatable bonds is 4. The van der Waals surface area contributed by atoms with Gasteiger partial charge in [-0.05, 0) is 24.6 Å². The van der Waals surface area contributed by atoms with Crippen LogP contribution in [0.15, 0.2) is 23.1 Å². The van der Waals surface area contributed by atoms with Crippen molar-refractivity contribution >= 4 is 27.6 Å². The van der Waals surface area contributed by atoms with Crippen LogP contribution < -0.4 is 5.14 Å². The van der Waals surface area contributed by atoms with Crippen molar-refractivity contribution in [3.63, 3.8) is 0 Å². The van der Waals surface area contributed by atoms with Gasteiger partial charge in [-0.2, -0.15) is 0 Å². The number of benzene rings is 1. The van der Waals surface area contributed by atoms with Gasteiger partial charge in [0.05, 0.1) is 17.2 Å². The van der Waals surface area contributed by atoms with Gasteiger partial charge in [-0.1, -0.05) is 18.5 Å². The second-order valence-corrected chi connectivity index (χ2v) is 5.26. The first-order valence-electron chi connectivity index (χ1n) is 4.85. The Kier molecular flexibility index (Phi) is 4.50. The van der Waals surface area contributed by atoms with Gasteiger partial charge in [0, 0.05) is 0 Å². The summed E-state index contributed by atoms with van der Waals surface area (Å²) in [5, 5.41) is 4.93. The zero-order valence-electron chi connectivity index (χ0n) is 9.14. The Bertz CT molecular complexity index is 527. The molecule has 17 heavy (non-hydrogen) atoms. The standard InChI is InChI=1S/C10H12ClNO4S/c1-2-5-16-10(13)7-3-4-8(11)9(6-7)17(12,14)15/h3-4,6H,2,5H2,1H3,(H2,12,14,15). The van der Waals surface area contributed by atoms with Gasteiger partial charge in [-0.25, -0.2) is 18.4 Å². The van der Waals surface area contributed by atoms with Crippen LogP contribution in [0.3, 0.4) is 0 Å². The van der Waals surface area contributed by atoms with Crippen LogP contribution in [0.5, 0.6) is 0 Å². The molecule has 0 aliphatic carbocycles. The monoisotopic (exact) mass is 277 g/mol. The van der Waals surface area contributed by atoms with Crippen LogP contribution in [0.2, 0.25) is 5.02 Å². The van der Waals surface area contributed by atoms with Gasteiger partial charge in [0.25, 0.3) is 0 Å². The first-order valence-corrected chi connectivity index (χ1v) is 6.78. The predicted molar refractivity (Wildman–Crippen MR) is 63.4 cm³/mol. The summed E-state index contributed by atoms with van der Waals surface area (Å²) >= 11 is 5.68. The van der Waals surface area contributed by atoms with Crippen molar-refractivity contribution in [2.75, 3.05) is 6.61 Å². The van der Waals surface area contributed by atoms with Crippen LogP contribution in [-0.2, 0) is 14.8 Å². The third-order valence-corrected chi connectivity index (χ3v) is 3.30. The van der Waals surface area contributed by atoms with E-state index in [2.05, 4.69) is 0 Å². The van der Waals surface area contributed by atoms with E-state index >= 15 is 0 Å². The maximum absolute atomic E-state index is 11.5. The Hall–Kier alpha value is -1.11.